The smallest absolute Gasteiger partial charge is 0.223 e. The van der Waals surface area contributed by atoms with Crippen molar-refractivity contribution < 1.29 is 13.6 Å². The van der Waals surface area contributed by atoms with Crippen LogP contribution in [-0.2, 0) is 11.3 Å². The van der Waals surface area contributed by atoms with Crippen LogP contribution in [0.3, 0.4) is 0 Å². The maximum Gasteiger partial charge on any atom is 0.223 e. The highest BCUT2D eigenvalue weighted by molar-refractivity contribution is 5.83. The number of hydrogen-bond donors (Lipinski definition) is 2. The number of nitrogens with zero attached hydrogens (tertiary/aromatic N) is 1. The van der Waals surface area contributed by atoms with Crippen molar-refractivity contribution in [2.24, 2.45) is 11.3 Å². The van der Waals surface area contributed by atoms with Gasteiger partial charge in [0.2, 0.25) is 5.91 Å². The number of benzene rings is 1. The van der Waals surface area contributed by atoms with Gasteiger partial charge in [-0.2, -0.15) is 0 Å². The zero-order valence-corrected chi connectivity index (χ0v) is 15.1. The number of carbonyl (C=O) groups excluding carboxylic acids is 1. The molecule has 1 saturated carbocycles. The topological polar surface area (TPSA) is 44.4 Å². The molecule has 2 atom stereocenters. The van der Waals surface area contributed by atoms with Crippen molar-refractivity contribution in [3.8, 4) is 0 Å². The first-order valence-corrected chi connectivity index (χ1v) is 9.74. The summed E-state index contributed by atoms with van der Waals surface area (Å²) >= 11 is 0. The number of amides is 1. The molecule has 1 spiro atoms. The molecular weight excluding hydrogens is 336 g/mol. The Kier molecular flexibility index (Phi) is 4.97. The first-order valence-electron chi connectivity index (χ1n) is 9.74. The lowest BCUT2D eigenvalue weighted by atomic mass is 9.91. The summed E-state index contributed by atoms with van der Waals surface area (Å²) in [6, 6.07) is 4.06. The van der Waals surface area contributed by atoms with Gasteiger partial charge >= 0.3 is 0 Å². The quantitative estimate of drug-likeness (QED) is 0.864. The lowest BCUT2D eigenvalue weighted by Gasteiger charge is -2.33. The summed E-state index contributed by atoms with van der Waals surface area (Å²) in [6.07, 6.45) is 5.06. The van der Waals surface area contributed by atoms with Gasteiger partial charge < -0.3 is 10.6 Å². The zero-order chi connectivity index (χ0) is 18.1. The molecule has 2 aliphatic heterocycles. The van der Waals surface area contributed by atoms with E-state index in [1.165, 1.54) is 18.2 Å². The van der Waals surface area contributed by atoms with Gasteiger partial charge in [0, 0.05) is 30.6 Å². The Balaban J connectivity index is 1.32. The van der Waals surface area contributed by atoms with Gasteiger partial charge in [-0.1, -0.05) is 6.07 Å². The number of nitrogens with one attached hydrogen (secondary N) is 2. The van der Waals surface area contributed by atoms with E-state index in [4.69, 9.17) is 0 Å². The summed E-state index contributed by atoms with van der Waals surface area (Å²) in [4.78, 5) is 14.7. The molecule has 1 amide bonds. The van der Waals surface area contributed by atoms with Crippen molar-refractivity contribution in [3.63, 3.8) is 0 Å². The van der Waals surface area contributed by atoms with Gasteiger partial charge in [0.15, 0.2) is 0 Å². The van der Waals surface area contributed by atoms with Gasteiger partial charge in [-0.25, -0.2) is 8.78 Å². The van der Waals surface area contributed by atoms with Crippen LogP contribution in [0.15, 0.2) is 18.2 Å². The van der Waals surface area contributed by atoms with Crippen LogP contribution in [0.25, 0.3) is 0 Å². The second kappa shape index (κ2) is 7.24. The Hall–Kier alpha value is -1.53. The lowest BCUT2D eigenvalue weighted by Crippen LogP contribution is -2.48. The van der Waals surface area contributed by atoms with Crippen molar-refractivity contribution in [1.29, 1.82) is 0 Å². The fourth-order valence-corrected chi connectivity index (χ4v) is 4.72. The highest BCUT2D eigenvalue weighted by atomic mass is 19.1. The van der Waals surface area contributed by atoms with Crippen molar-refractivity contribution >= 4 is 5.91 Å². The molecule has 142 valence electrons. The summed E-state index contributed by atoms with van der Waals surface area (Å²) in [5.41, 5.74) is 0.357. The first-order chi connectivity index (χ1) is 12.6. The first kappa shape index (κ1) is 17.9. The Morgan fingerprint density at radius 3 is 2.73 bits per heavy atom. The van der Waals surface area contributed by atoms with Crippen LogP contribution in [0, 0.1) is 23.0 Å². The molecular formula is C20H27F2N3O. The Bertz CT molecular complexity index is 655. The number of hydrogen-bond acceptors (Lipinski definition) is 3. The minimum Gasteiger partial charge on any atom is -0.352 e. The third-order valence-electron chi connectivity index (χ3n) is 6.40. The average molecular weight is 363 g/mol. The maximum absolute atomic E-state index is 13.9. The molecule has 26 heavy (non-hydrogen) atoms. The van der Waals surface area contributed by atoms with Crippen LogP contribution >= 0.6 is 0 Å². The van der Waals surface area contributed by atoms with E-state index in [0.29, 0.717) is 6.54 Å². The van der Waals surface area contributed by atoms with Gasteiger partial charge in [-0.05, 0) is 69.3 Å². The largest absolute Gasteiger partial charge is 0.352 e. The molecule has 0 bridgehead atoms. The molecule has 2 N–H and O–H groups in total. The highest BCUT2D eigenvalue weighted by Crippen LogP contribution is 2.58. The number of halogens is 2. The summed E-state index contributed by atoms with van der Waals surface area (Å²) < 4.78 is 27.8. The van der Waals surface area contributed by atoms with Crippen LogP contribution < -0.4 is 10.6 Å². The molecule has 0 aromatic heterocycles. The normalized spacial score (nSPS) is 28.1. The highest BCUT2D eigenvalue weighted by Gasteiger charge is 2.57. The van der Waals surface area contributed by atoms with Gasteiger partial charge in [-0.15, -0.1) is 0 Å². The molecule has 4 nitrogen and oxygen atoms in total. The third-order valence-corrected chi connectivity index (χ3v) is 6.40. The minimum absolute atomic E-state index is 0.0745. The molecule has 3 aliphatic rings. The fourth-order valence-electron chi connectivity index (χ4n) is 4.72. The van der Waals surface area contributed by atoms with Gasteiger partial charge in [-0.3, -0.25) is 9.69 Å². The second-order valence-corrected chi connectivity index (χ2v) is 8.15. The molecule has 2 unspecified atom stereocenters. The van der Waals surface area contributed by atoms with E-state index >= 15 is 0 Å². The van der Waals surface area contributed by atoms with Gasteiger partial charge in [0.1, 0.15) is 11.6 Å². The summed E-state index contributed by atoms with van der Waals surface area (Å²) in [5, 5.41) is 6.57. The van der Waals surface area contributed by atoms with Crippen LogP contribution in [0.2, 0.25) is 0 Å². The Morgan fingerprint density at radius 1 is 1.27 bits per heavy atom. The predicted molar refractivity (Wildman–Crippen MR) is 95.4 cm³/mol. The molecule has 3 fully saturated rings. The lowest BCUT2D eigenvalue weighted by molar-refractivity contribution is -0.124. The number of carbonyl (C=O) groups is 1. The van der Waals surface area contributed by atoms with Crippen LogP contribution in [0.1, 0.15) is 37.7 Å². The number of rotatable bonds is 4. The average Bonchev–Trinajstić information content (AvgIpc) is 3.32. The van der Waals surface area contributed by atoms with Crippen molar-refractivity contribution in [3.05, 3.63) is 35.4 Å². The molecule has 1 aromatic carbocycles. The molecule has 4 rings (SSSR count). The monoisotopic (exact) mass is 363 g/mol. The van der Waals surface area contributed by atoms with Crippen LogP contribution in [0.4, 0.5) is 8.78 Å². The number of piperidine rings is 2. The summed E-state index contributed by atoms with van der Waals surface area (Å²) in [6.45, 7) is 3.73. The summed E-state index contributed by atoms with van der Waals surface area (Å²) in [7, 11) is 0. The Labute approximate surface area is 153 Å². The van der Waals surface area contributed by atoms with E-state index in [1.807, 2.05) is 4.90 Å². The van der Waals surface area contributed by atoms with E-state index in [2.05, 4.69) is 10.6 Å². The molecule has 2 saturated heterocycles. The summed E-state index contributed by atoms with van der Waals surface area (Å²) in [5.74, 6) is -0.663. The second-order valence-electron chi connectivity index (χ2n) is 8.15. The fraction of sp³-hybridized carbons (Fsp3) is 0.650. The minimum atomic E-state index is -0.498. The SMILES string of the molecule is O=C(NC1CCCN(Cc2c(F)cccc2F)C1)C1CC12CCNCC2. The number of likely N-dealkylation sites (tertiary alicyclic amines) is 1. The van der Waals surface area contributed by atoms with E-state index in [-0.39, 0.29) is 35.4 Å². The van der Waals surface area contributed by atoms with Gasteiger partial charge in [0.25, 0.3) is 0 Å². The van der Waals surface area contributed by atoms with Crippen LogP contribution in [0.5, 0.6) is 0 Å². The standard InChI is InChI=1S/C20H27F2N3O/c21-17-4-1-5-18(22)15(17)13-25-10-2-3-14(12-25)24-19(26)16-11-20(16)6-8-23-9-7-20/h1,4-5,14,16,23H,2-3,6-13H2,(H,24,26). The van der Waals surface area contributed by atoms with Gasteiger partial charge in [0.05, 0.1) is 0 Å². The van der Waals surface area contributed by atoms with Crippen molar-refractivity contribution in [2.75, 3.05) is 26.2 Å². The van der Waals surface area contributed by atoms with Crippen LogP contribution in [-0.4, -0.2) is 43.0 Å². The Morgan fingerprint density at radius 2 is 2.00 bits per heavy atom. The zero-order valence-electron chi connectivity index (χ0n) is 15.1. The maximum atomic E-state index is 13.9. The third kappa shape index (κ3) is 3.62. The molecule has 2 heterocycles. The van der Waals surface area contributed by atoms with Crippen molar-refractivity contribution in [2.45, 2.75) is 44.7 Å². The van der Waals surface area contributed by atoms with E-state index in [0.717, 1.165) is 51.7 Å². The predicted octanol–water partition coefficient (Wildman–Crippen LogP) is 2.44. The molecule has 1 aliphatic carbocycles. The molecule has 0 radical (unpaired) electrons. The molecule has 1 aromatic rings. The van der Waals surface area contributed by atoms with E-state index in [9.17, 15) is 13.6 Å². The van der Waals surface area contributed by atoms with Crippen molar-refractivity contribution in [1.82, 2.24) is 15.5 Å². The van der Waals surface area contributed by atoms with E-state index < -0.39 is 11.6 Å². The van der Waals surface area contributed by atoms with E-state index in [1.54, 1.807) is 0 Å². The molecule has 6 heteroatoms.